The largest absolute Gasteiger partial charge is 0.312 e. The second-order valence-corrected chi connectivity index (χ2v) is 7.52. The van der Waals surface area contributed by atoms with E-state index >= 15 is 0 Å². The smallest absolute Gasteiger partial charge is 0.0991 e. The van der Waals surface area contributed by atoms with E-state index in [2.05, 4.69) is 32.2 Å². The molecule has 0 amide bonds. The predicted molar refractivity (Wildman–Crippen MR) is 87.8 cm³/mol. The molecule has 1 aliphatic carbocycles. The molecule has 1 N–H and O–H groups in total. The van der Waals surface area contributed by atoms with Gasteiger partial charge in [0.05, 0.1) is 11.6 Å². The monoisotopic (exact) mass is 284 g/mol. The Morgan fingerprint density at radius 1 is 1.10 bits per heavy atom. The van der Waals surface area contributed by atoms with Gasteiger partial charge in [-0.2, -0.15) is 5.26 Å². The molecular formula is C19H28N2. The highest BCUT2D eigenvalue weighted by molar-refractivity contribution is 5.31. The van der Waals surface area contributed by atoms with Crippen LogP contribution in [0, 0.1) is 28.6 Å². The quantitative estimate of drug-likeness (QED) is 0.883. The van der Waals surface area contributed by atoms with Gasteiger partial charge in [0.1, 0.15) is 0 Å². The summed E-state index contributed by atoms with van der Waals surface area (Å²) in [7, 11) is 0. The molecule has 0 radical (unpaired) electrons. The second kappa shape index (κ2) is 7.09. The van der Waals surface area contributed by atoms with Crippen LogP contribution in [0.15, 0.2) is 24.3 Å². The lowest BCUT2D eigenvalue weighted by Gasteiger charge is -2.37. The lowest BCUT2D eigenvalue weighted by atomic mass is 9.70. The molecule has 2 heteroatoms. The zero-order chi connectivity index (χ0) is 15.3. The number of nitriles is 1. The minimum atomic E-state index is 0.473. The summed E-state index contributed by atoms with van der Waals surface area (Å²) in [5.74, 6) is 1.73. The molecule has 1 fully saturated rings. The number of nitrogens with zero attached hydrogens (tertiary/aromatic N) is 1. The topological polar surface area (TPSA) is 35.8 Å². The van der Waals surface area contributed by atoms with Gasteiger partial charge in [-0.15, -0.1) is 0 Å². The van der Waals surface area contributed by atoms with Crippen molar-refractivity contribution in [1.82, 2.24) is 5.32 Å². The van der Waals surface area contributed by atoms with Gasteiger partial charge in [-0.1, -0.05) is 32.9 Å². The summed E-state index contributed by atoms with van der Waals surface area (Å²) in [6.07, 6.45) is 5.49. The summed E-state index contributed by atoms with van der Waals surface area (Å²) >= 11 is 0. The number of hydrogen-bond acceptors (Lipinski definition) is 2. The molecule has 0 spiro atoms. The number of hydrogen-bond donors (Lipinski definition) is 1. The molecule has 1 aliphatic rings. The summed E-state index contributed by atoms with van der Waals surface area (Å²) in [6, 6.07) is 10.0. The van der Waals surface area contributed by atoms with E-state index in [9.17, 15) is 0 Å². The van der Waals surface area contributed by atoms with Crippen molar-refractivity contribution in [2.45, 2.75) is 53.0 Å². The maximum absolute atomic E-state index is 8.79. The fraction of sp³-hybridized carbons (Fsp3) is 0.632. The molecule has 0 unspecified atom stereocenters. The summed E-state index contributed by atoms with van der Waals surface area (Å²) in [4.78, 5) is 0. The van der Waals surface area contributed by atoms with Crippen LogP contribution in [0.5, 0.6) is 0 Å². The van der Waals surface area contributed by atoms with Gasteiger partial charge in [0.25, 0.3) is 0 Å². The molecule has 0 saturated heterocycles. The van der Waals surface area contributed by atoms with Crippen molar-refractivity contribution in [3.63, 3.8) is 0 Å². The van der Waals surface area contributed by atoms with Crippen molar-refractivity contribution in [2.24, 2.45) is 17.3 Å². The van der Waals surface area contributed by atoms with Crippen LogP contribution < -0.4 is 5.32 Å². The van der Waals surface area contributed by atoms with Gasteiger partial charge in [0, 0.05) is 6.54 Å². The standard InChI is InChI=1S/C19H28N2/c1-19(2,3)18-10-8-17(9-11-18)14-21-13-16-6-4-15(12-20)5-7-16/h4-7,17-18,21H,8-11,13-14H2,1-3H3. The highest BCUT2D eigenvalue weighted by atomic mass is 14.9. The molecule has 0 aliphatic heterocycles. The van der Waals surface area contributed by atoms with Gasteiger partial charge in [-0.3, -0.25) is 0 Å². The maximum atomic E-state index is 8.79. The molecule has 21 heavy (non-hydrogen) atoms. The van der Waals surface area contributed by atoms with Crippen molar-refractivity contribution in [2.75, 3.05) is 6.54 Å². The number of benzene rings is 1. The lowest BCUT2D eigenvalue weighted by molar-refractivity contribution is 0.149. The molecule has 2 rings (SSSR count). The Morgan fingerprint density at radius 2 is 1.71 bits per heavy atom. The molecule has 0 heterocycles. The van der Waals surface area contributed by atoms with E-state index in [4.69, 9.17) is 5.26 Å². The molecule has 1 saturated carbocycles. The first-order valence-electron chi connectivity index (χ1n) is 8.19. The minimum absolute atomic E-state index is 0.473. The first-order chi connectivity index (χ1) is 9.99. The van der Waals surface area contributed by atoms with E-state index < -0.39 is 0 Å². The Kier molecular flexibility index (Phi) is 5.42. The van der Waals surface area contributed by atoms with E-state index in [1.807, 2.05) is 24.3 Å². The van der Waals surface area contributed by atoms with E-state index in [0.717, 1.165) is 30.5 Å². The molecule has 0 atom stereocenters. The minimum Gasteiger partial charge on any atom is -0.312 e. The van der Waals surface area contributed by atoms with Gasteiger partial charge in [-0.05, 0) is 67.2 Å². The Hall–Kier alpha value is -1.33. The summed E-state index contributed by atoms with van der Waals surface area (Å²) in [5.41, 5.74) is 2.47. The van der Waals surface area contributed by atoms with Crippen molar-refractivity contribution in [3.05, 3.63) is 35.4 Å². The first-order valence-corrected chi connectivity index (χ1v) is 8.19. The van der Waals surface area contributed by atoms with E-state index in [-0.39, 0.29) is 0 Å². The number of nitrogens with one attached hydrogen (secondary N) is 1. The molecule has 0 aromatic heterocycles. The lowest BCUT2D eigenvalue weighted by Crippen LogP contribution is -2.30. The summed E-state index contributed by atoms with van der Waals surface area (Å²) in [6.45, 7) is 9.16. The first kappa shape index (κ1) is 16.0. The van der Waals surface area contributed by atoms with Crippen molar-refractivity contribution in [3.8, 4) is 6.07 Å². The Labute approximate surface area is 129 Å². The van der Waals surface area contributed by atoms with E-state index in [0.29, 0.717) is 5.41 Å². The van der Waals surface area contributed by atoms with Crippen LogP contribution in [0.3, 0.4) is 0 Å². The van der Waals surface area contributed by atoms with Gasteiger partial charge in [-0.25, -0.2) is 0 Å². The predicted octanol–water partition coefficient (Wildman–Crippen LogP) is 4.50. The molecule has 114 valence electrons. The van der Waals surface area contributed by atoms with Crippen molar-refractivity contribution < 1.29 is 0 Å². The van der Waals surface area contributed by atoms with Crippen LogP contribution in [-0.4, -0.2) is 6.54 Å². The van der Waals surface area contributed by atoms with Crippen molar-refractivity contribution >= 4 is 0 Å². The number of rotatable bonds is 4. The molecule has 2 nitrogen and oxygen atoms in total. The SMILES string of the molecule is CC(C)(C)C1CCC(CNCc2ccc(C#N)cc2)CC1. The van der Waals surface area contributed by atoms with Gasteiger partial charge in [0.15, 0.2) is 0 Å². The summed E-state index contributed by atoms with van der Waals surface area (Å²) < 4.78 is 0. The van der Waals surface area contributed by atoms with Crippen LogP contribution in [-0.2, 0) is 6.54 Å². The van der Waals surface area contributed by atoms with Crippen LogP contribution >= 0.6 is 0 Å². The average molecular weight is 284 g/mol. The fourth-order valence-corrected chi connectivity index (χ4v) is 3.35. The van der Waals surface area contributed by atoms with E-state index in [1.54, 1.807) is 0 Å². The average Bonchev–Trinajstić information content (AvgIpc) is 2.47. The molecule has 1 aromatic carbocycles. The van der Waals surface area contributed by atoms with Crippen LogP contribution in [0.4, 0.5) is 0 Å². The Bertz CT molecular complexity index is 468. The van der Waals surface area contributed by atoms with Gasteiger partial charge < -0.3 is 5.32 Å². The third kappa shape index (κ3) is 4.86. The molecule has 1 aromatic rings. The molecule has 0 bridgehead atoms. The van der Waals surface area contributed by atoms with Crippen LogP contribution in [0.2, 0.25) is 0 Å². The Balaban J connectivity index is 1.69. The highest BCUT2D eigenvalue weighted by Gasteiger charge is 2.29. The fourth-order valence-electron chi connectivity index (χ4n) is 3.35. The zero-order valence-electron chi connectivity index (χ0n) is 13.7. The highest BCUT2D eigenvalue weighted by Crippen LogP contribution is 2.39. The Morgan fingerprint density at radius 3 is 2.24 bits per heavy atom. The van der Waals surface area contributed by atoms with Crippen LogP contribution in [0.25, 0.3) is 0 Å². The van der Waals surface area contributed by atoms with Gasteiger partial charge >= 0.3 is 0 Å². The third-order valence-corrected chi connectivity index (χ3v) is 4.92. The molecular weight excluding hydrogens is 256 g/mol. The van der Waals surface area contributed by atoms with Gasteiger partial charge in [0.2, 0.25) is 0 Å². The van der Waals surface area contributed by atoms with E-state index in [1.165, 1.54) is 31.2 Å². The summed E-state index contributed by atoms with van der Waals surface area (Å²) in [5, 5.41) is 12.4. The normalized spacial score (nSPS) is 22.8. The third-order valence-electron chi connectivity index (χ3n) is 4.92. The van der Waals surface area contributed by atoms with Crippen LogP contribution in [0.1, 0.15) is 57.6 Å². The zero-order valence-corrected chi connectivity index (χ0v) is 13.7. The van der Waals surface area contributed by atoms with Crippen molar-refractivity contribution in [1.29, 1.82) is 5.26 Å². The maximum Gasteiger partial charge on any atom is 0.0991 e. The second-order valence-electron chi connectivity index (χ2n) is 7.52.